The Morgan fingerprint density at radius 2 is 1.76 bits per heavy atom. The minimum absolute atomic E-state index is 0.0750. The van der Waals surface area contributed by atoms with Gasteiger partial charge in [-0.05, 0) is 53.9 Å². The van der Waals surface area contributed by atoms with Crippen LogP contribution in [0.4, 0.5) is 16.3 Å². The van der Waals surface area contributed by atoms with Gasteiger partial charge in [0.15, 0.2) is 6.61 Å². The number of nitrogens with one attached hydrogen (secondary N) is 2. The number of rotatable bonds is 6. The van der Waals surface area contributed by atoms with E-state index >= 15 is 0 Å². The van der Waals surface area contributed by atoms with E-state index in [1.807, 2.05) is 42.5 Å². The number of nitrogens with zero attached hydrogens (tertiary/aromatic N) is 3. The maximum atomic E-state index is 13.6. The fourth-order valence-electron chi connectivity index (χ4n) is 3.93. The normalized spacial score (nSPS) is 16.9. The lowest BCUT2D eigenvalue weighted by atomic mass is 9.93. The zero-order valence-corrected chi connectivity index (χ0v) is 18.7. The maximum absolute atomic E-state index is 13.6. The highest BCUT2D eigenvalue weighted by Gasteiger charge is 2.31. The summed E-state index contributed by atoms with van der Waals surface area (Å²) in [5.74, 6) is 0.572. The van der Waals surface area contributed by atoms with E-state index in [0.29, 0.717) is 23.1 Å². The smallest absolute Gasteiger partial charge is 0.264 e. The number of amides is 1. The van der Waals surface area contributed by atoms with Gasteiger partial charge in [-0.15, -0.1) is 5.10 Å². The summed E-state index contributed by atoms with van der Waals surface area (Å²) in [6, 6.07) is 22.7. The Hall–Kier alpha value is -3.91. The lowest BCUT2D eigenvalue weighted by Gasteiger charge is -2.31. The molecule has 0 saturated carbocycles. The lowest BCUT2D eigenvalue weighted by Crippen LogP contribution is -2.28. The van der Waals surface area contributed by atoms with Gasteiger partial charge in [-0.2, -0.15) is 4.98 Å². The summed E-state index contributed by atoms with van der Waals surface area (Å²) in [5.41, 5.74) is 1.92. The number of carbonyl (C=O) groups is 1. The molecule has 7 nitrogen and oxygen atoms in total. The molecule has 2 heterocycles. The minimum Gasteiger partial charge on any atom is -0.484 e. The second kappa shape index (κ2) is 9.52. The van der Waals surface area contributed by atoms with E-state index < -0.39 is 0 Å². The van der Waals surface area contributed by atoms with E-state index in [-0.39, 0.29) is 36.4 Å². The van der Waals surface area contributed by atoms with Crippen LogP contribution in [0.1, 0.15) is 29.6 Å². The van der Waals surface area contributed by atoms with Crippen molar-refractivity contribution in [3.8, 4) is 5.75 Å². The van der Waals surface area contributed by atoms with Crippen LogP contribution < -0.4 is 15.4 Å². The van der Waals surface area contributed by atoms with Crippen molar-refractivity contribution in [1.29, 1.82) is 0 Å². The zero-order chi connectivity index (χ0) is 23.5. The van der Waals surface area contributed by atoms with Crippen LogP contribution in [0.3, 0.4) is 0 Å². The molecule has 0 bridgehead atoms. The molecule has 2 atom stereocenters. The first-order valence-electron chi connectivity index (χ1n) is 10.8. The second-order valence-electron chi connectivity index (χ2n) is 7.91. The first-order chi connectivity index (χ1) is 16.5. The molecule has 1 aliphatic heterocycles. The summed E-state index contributed by atoms with van der Waals surface area (Å²) >= 11 is 6.05. The molecule has 1 amide bonds. The summed E-state index contributed by atoms with van der Waals surface area (Å²) in [6.45, 7) is -0.171. The molecule has 2 N–H and O–H groups in total. The van der Waals surface area contributed by atoms with E-state index in [1.54, 1.807) is 28.9 Å². The Balaban J connectivity index is 1.38. The van der Waals surface area contributed by atoms with Crippen LogP contribution in [0, 0.1) is 5.82 Å². The number of halogens is 2. The van der Waals surface area contributed by atoms with Crippen LogP contribution in [0.5, 0.6) is 5.75 Å². The third kappa shape index (κ3) is 4.87. The fourth-order valence-corrected chi connectivity index (χ4v) is 4.06. The summed E-state index contributed by atoms with van der Waals surface area (Å²) < 4.78 is 20.8. The van der Waals surface area contributed by atoms with Crippen LogP contribution in [0.2, 0.25) is 5.02 Å². The van der Waals surface area contributed by atoms with Gasteiger partial charge < -0.3 is 10.1 Å². The molecule has 0 fully saturated rings. The van der Waals surface area contributed by atoms with Crippen molar-refractivity contribution in [2.24, 2.45) is 0 Å². The minimum atomic E-state index is -0.376. The van der Waals surface area contributed by atoms with Crippen LogP contribution in [0.25, 0.3) is 0 Å². The number of anilines is 2. The summed E-state index contributed by atoms with van der Waals surface area (Å²) in [5, 5.41) is 11.2. The van der Waals surface area contributed by atoms with Gasteiger partial charge in [-0.1, -0.05) is 54.1 Å². The van der Waals surface area contributed by atoms with E-state index in [1.165, 1.54) is 12.1 Å². The Kier molecular flexibility index (Phi) is 6.14. The molecule has 34 heavy (non-hydrogen) atoms. The van der Waals surface area contributed by atoms with E-state index in [0.717, 1.165) is 11.1 Å². The lowest BCUT2D eigenvalue weighted by molar-refractivity contribution is -0.118. The zero-order valence-electron chi connectivity index (χ0n) is 18.0. The standard InChI is InChI=1S/C25H21ClFN5O2/c26-18-10-6-16(7-11-18)21-14-22(17-8-12-19(27)13-9-17)32-25(28-21)30-24(31-32)29-23(33)15-34-20-4-2-1-3-5-20/h1-13,21-22H,14-15H2,(H2,28,29,30,31,33)/t21-,22+/m1/s1. The molecule has 0 unspecified atom stereocenters. The molecule has 0 spiro atoms. The molecular formula is C25H21ClFN5O2. The van der Waals surface area contributed by atoms with Crippen molar-refractivity contribution in [1.82, 2.24) is 14.8 Å². The van der Waals surface area contributed by atoms with Crippen molar-refractivity contribution in [2.75, 3.05) is 17.2 Å². The largest absolute Gasteiger partial charge is 0.484 e. The predicted molar refractivity (Wildman–Crippen MR) is 128 cm³/mol. The topological polar surface area (TPSA) is 81.1 Å². The highest BCUT2D eigenvalue weighted by atomic mass is 35.5. The van der Waals surface area contributed by atoms with Gasteiger partial charge in [0.1, 0.15) is 11.6 Å². The van der Waals surface area contributed by atoms with Crippen LogP contribution in [-0.2, 0) is 4.79 Å². The van der Waals surface area contributed by atoms with Crippen LogP contribution in [0.15, 0.2) is 78.9 Å². The fraction of sp³-hybridized carbons (Fsp3) is 0.160. The molecule has 1 aromatic heterocycles. The van der Waals surface area contributed by atoms with Crippen molar-refractivity contribution < 1.29 is 13.9 Å². The average Bonchev–Trinajstić information content (AvgIpc) is 3.26. The SMILES string of the molecule is O=C(COc1ccccc1)Nc1nc2n(n1)[C@H](c1ccc(F)cc1)C[C@H](c1ccc(Cl)cc1)N2. The number of aromatic nitrogens is 3. The first-order valence-corrected chi connectivity index (χ1v) is 11.1. The molecule has 4 aromatic rings. The molecule has 0 aliphatic carbocycles. The molecule has 1 aliphatic rings. The summed E-state index contributed by atoms with van der Waals surface area (Å²) in [7, 11) is 0. The number of ether oxygens (including phenoxy) is 1. The second-order valence-corrected chi connectivity index (χ2v) is 8.34. The number of hydrogen-bond donors (Lipinski definition) is 2. The van der Waals surface area contributed by atoms with Crippen molar-refractivity contribution >= 4 is 29.4 Å². The van der Waals surface area contributed by atoms with Crippen LogP contribution in [-0.4, -0.2) is 27.3 Å². The molecule has 5 rings (SSSR count). The third-order valence-electron chi connectivity index (χ3n) is 5.58. The highest BCUT2D eigenvalue weighted by molar-refractivity contribution is 6.30. The highest BCUT2D eigenvalue weighted by Crippen LogP contribution is 2.38. The van der Waals surface area contributed by atoms with Crippen molar-refractivity contribution in [2.45, 2.75) is 18.5 Å². The molecule has 0 saturated heterocycles. The van der Waals surface area contributed by atoms with E-state index in [4.69, 9.17) is 16.3 Å². The summed E-state index contributed by atoms with van der Waals surface area (Å²) in [6.07, 6.45) is 0.647. The number of para-hydroxylation sites is 1. The van der Waals surface area contributed by atoms with Crippen LogP contribution >= 0.6 is 11.6 Å². The Labute approximate surface area is 200 Å². The molecule has 172 valence electrons. The maximum Gasteiger partial charge on any atom is 0.264 e. The van der Waals surface area contributed by atoms with Gasteiger partial charge >= 0.3 is 0 Å². The third-order valence-corrected chi connectivity index (χ3v) is 5.83. The van der Waals surface area contributed by atoms with Gasteiger partial charge in [-0.3, -0.25) is 10.1 Å². The Bertz CT molecular complexity index is 1280. The number of fused-ring (bicyclic) bond motifs is 1. The quantitative estimate of drug-likeness (QED) is 0.397. The number of carbonyl (C=O) groups excluding carboxylic acids is 1. The molecule has 9 heteroatoms. The van der Waals surface area contributed by atoms with Gasteiger partial charge in [-0.25, -0.2) is 9.07 Å². The predicted octanol–water partition coefficient (Wildman–Crippen LogP) is 5.23. The number of benzene rings is 3. The molecule has 3 aromatic carbocycles. The van der Waals surface area contributed by atoms with Gasteiger partial charge in [0.05, 0.1) is 12.1 Å². The monoisotopic (exact) mass is 477 g/mol. The Morgan fingerprint density at radius 3 is 2.50 bits per heavy atom. The van der Waals surface area contributed by atoms with Crippen molar-refractivity contribution in [3.63, 3.8) is 0 Å². The van der Waals surface area contributed by atoms with Gasteiger partial charge in [0.2, 0.25) is 5.95 Å². The van der Waals surface area contributed by atoms with Crippen molar-refractivity contribution in [3.05, 3.63) is 101 Å². The molecular weight excluding hydrogens is 457 g/mol. The molecule has 0 radical (unpaired) electrons. The first kappa shape index (κ1) is 21.9. The number of hydrogen-bond acceptors (Lipinski definition) is 5. The van der Waals surface area contributed by atoms with E-state index in [9.17, 15) is 9.18 Å². The average molecular weight is 478 g/mol. The summed E-state index contributed by atoms with van der Waals surface area (Å²) in [4.78, 5) is 16.9. The Morgan fingerprint density at radius 1 is 1.06 bits per heavy atom. The van der Waals surface area contributed by atoms with E-state index in [2.05, 4.69) is 20.7 Å². The van der Waals surface area contributed by atoms with Gasteiger partial charge in [0.25, 0.3) is 11.9 Å². The van der Waals surface area contributed by atoms with Gasteiger partial charge in [0, 0.05) is 5.02 Å².